The minimum Gasteiger partial charge on any atom is -0.508 e. The largest absolute Gasteiger partial charge is 0.508 e. The van der Waals surface area contributed by atoms with Gasteiger partial charge in [-0.3, -0.25) is 19.2 Å². The SMILES string of the molecule is Cc1cc(CC(NC=O)C(=O)NC(Cc2ccc(O)cc2)C(=O)NC(Cc2ccccc2)C(N)=O)cc(C)c1O. The zero-order valence-corrected chi connectivity index (χ0v) is 22.4. The molecule has 0 spiro atoms. The third-order valence-corrected chi connectivity index (χ3v) is 6.53. The highest BCUT2D eigenvalue weighted by atomic mass is 16.3. The van der Waals surface area contributed by atoms with Gasteiger partial charge in [0.25, 0.3) is 0 Å². The van der Waals surface area contributed by atoms with Gasteiger partial charge in [0.15, 0.2) is 0 Å². The summed E-state index contributed by atoms with van der Waals surface area (Å²) in [5, 5.41) is 27.6. The lowest BCUT2D eigenvalue weighted by Gasteiger charge is -2.24. The van der Waals surface area contributed by atoms with Gasteiger partial charge in [0.2, 0.25) is 24.1 Å². The maximum atomic E-state index is 13.4. The van der Waals surface area contributed by atoms with Crippen molar-refractivity contribution in [2.45, 2.75) is 51.2 Å². The summed E-state index contributed by atoms with van der Waals surface area (Å²) >= 11 is 0. The van der Waals surface area contributed by atoms with E-state index in [4.69, 9.17) is 5.73 Å². The second-order valence-corrected chi connectivity index (χ2v) is 9.70. The summed E-state index contributed by atoms with van der Waals surface area (Å²) in [6.45, 7) is 3.47. The third-order valence-electron chi connectivity index (χ3n) is 6.53. The number of rotatable bonds is 13. The maximum absolute atomic E-state index is 13.4. The molecule has 3 unspecified atom stereocenters. The van der Waals surface area contributed by atoms with Crippen molar-refractivity contribution < 1.29 is 29.4 Å². The minimum atomic E-state index is -1.13. The number of benzene rings is 3. The van der Waals surface area contributed by atoms with Crippen LogP contribution in [-0.2, 0) is 38.4 Å². The molecule has 0 heterocycles. The summed E-state index contributed by atoms with van der Waals surface area (Å²) in [6, 6.07) is 15.5. The van der Waals surface area contributed by atoms with E-state index in [1.54, 1.807) is 62.4 Å². The number of carbonyl (C=O) groups excluding carboxylic acids is 4. The maximum Gasteiger partial charge on any atom is 0.243 e. The summed E-state index contributed by atoms with van der Waals surface area (Å²) in [4.78, 5) is 50.3. The van der Waals surface area contributed by atoms with E-state index >= 15 is 0 Å². The van der Waals surface area contributed by atoms with Crippen LogP contribution in [0.3, 0.4) is 0 Å². The Morgan fingerprint density at radius 2 is 1.25 bits per heavy atom. The normalized spacial score (nSPS) is 12.9. The van der Waals surface area contributed by atoms with Gasteiger partial charge in [0.1, 0.15) is 29.6 Å². The quantitative estimate of drug-likeness (QED) is 0.177. The number of carbonyl (C=O) groups is 4. The van der Waals surface area contributed by atoms with Crippen LogP contribution in [0.25, 0.3) is 0 Å². The smallest absolute Gasteiger partial charge is 0.243 e. The second-order valence-electron chi connectivity index (χ2n) is 9.70. The lowest BCUT2D eigenvalue weighted by molar-refractivity contribution is -0.132. The molecule has 0 bridgehead atoms. The van der Waals surface area contributed by atoms with Crippen molar-refractivity contribution in [3.63, 3.8) is 0 Å². The van der Waals surface area contributed by atoms with E-state index in [1.807, 2.05) is 6.07 Å². The van der Waals surface area contributed by atoms with Gasteiger partial charge in [-0.1, -0.05) is 54.6 Å². The Hall–Kier alpha value is -4.86. The molecule has 10 nitrogen and oxygen atoms in total. The molecule has 210 valence electrons. The molecular formula is C30H34N4O6. The Bertz CT molecular complexity index is 1320. The predicted molar refractivity (Wildman–Crippen MR) is 149 cm³/mol. The van der Waals surface area contributed by atoms with Crippen molar-refractivity contribution in [2.24, 2.45) is 5.73 Å². The summed E-state index contributed by atoms with van der Waals surface area (Å²) < 4.78 is 0. The molecule has 0 fully saturated rings. The first kappa shape index (κ1) is 29.7. The van der Waals surface area contributed by atoms with Gasteiger partial charge in [-0.2, -0.15) is 0 Å². The van der Waals surface area contributed by atoms with Gasteiger partial charge in [-0.25, -0.2) is 0 Å². The van der Waals surface area contributed by atoms with Gasteiger partial charge in [0, 0.05) is 19.3 Å². The number of phenolic OH excluding ortho intramolecular Hbond substituents is 2. The van der Waals surface area contributed by atoms with E-state index in [2.05, 4.69) is 16.0 Å². The summed E-state index contributed by atoms with van der Waals surface area (Å²) in [5.74, 6) is -1.79. The first-order chi connectivity index (χ1) is 19.1. The van der Waals surface area contributed by atoms with Crippen molar-refractivity contribution in [3.05, 3.63) is 94.5 Å². The number of nitrogens with two attached hydrogens (primary N) is 1. The van der Waals surface area contributed by atoms with Gasteiger partial charge in [-0.15, -0.1) is 0 Å². The molecule has 7 N–H and O–H groups in total. The fraction of sp³-hybridized carbons (Fsp3) is 0.267. The molecule has 0 aliphatic heterocycles. The molecule has 3 atom stereocenters. The second kappa shape index (κ2) is 13.8. The Morgan fingerprint density at radius 3 is 1.82 bits per heavy atom. The van der Waals surface area contributed by atoms with Crippen LogP contribution >= 0.6 is 0 Å². The standard InChI is InChI=1S/C30H34N4O6/c1-18-12-22(13-19(2)27(18)37)16-25(32-17-35)29(39)34-26(15-21-8-10-23(36)11-9-21)30(40)33-24(28(31)38)14-20-6-4-3-5-7-20/h3-13,17,24-26,36-37H,14-16H2,1-2H3,(H2,31,38)(H,32,35)(H,33,40)(H,34,39). The summed E-state index contributed by atoms with van der Waals surface area (Å²) in [6.07, 6.45) is 0.719. The van der Waals surface area contributed by atoms with Crippen molar-refractivity contribution >= 4 is 24.1 Å². The minimum absolute atomic E-state index is 0.0416. The molecule has 3 aromatic rings. The molecule has 10 heteroatoms. The average molecular weight is 547 g/mol. The Labute approximate surface area is 232 Å². The molecule has 0 aliphatic rings. The van der Waals surface area contributed by atoms with Gasteiger partial charge in [0.05, 0.1) is 0 Å². The molecule has 0 radical (unpaired) electrons. The molecular weight excluding hydrogens is 512 g/mol. The van der Waals surface area contributed by atoms with E-state index in [9.17, 15) is 29.4 Å². The summed E-state index contributed by atoms with van der Waals surface area (Å²) in [5.41, 5.74) is 8.97. The van der Waals surface area contributed by atoms with E-state index in [1.165, 1.54) is 12.1 Å². The Morgan fingerprint density at radius 1 is 0.750 bits per heavy atom. The first-order valence-electron chi connectivity index (χ1n) is 12.8. The van der Waals surface area contributed by atoms with Crippen LogP contribution in [0.5, 0.6) is 11.5 Å². The predicted octanol–water partition coefficient (Wildman–Crippen LogP) is 1.31. The average Bonchev–Trinajstić information content (AvgIpc) is 2.92. The fourth-order valence-electron chi connectivity index (χ4n) is 4.40. The zero-order chi connectivity index (χ0) is 29.2. The molecule has 3 rings (SSSR count). The highest BCUT2D eigenvalue weighted by Crippen LogP contribution is 2.23. The van der Waals surface area contributed by atoms with Crippen molar-refractivity contribution in [1.82, 2.24) is 16.0 Å². The van der Waals surface area contributed by atoms with Crippen LogP contribution in [0.1, 0.15) is 27.8 Å². The van der Waals surface area contributed by atoms with E-state index in [0.717, 1.165) is 5.56 Å². The van der Waals surface area contributed by atoms with Crippen LogP contribution in [0.2, 0.25) is 0 Å². The van der Waals surface area contributed by atoms with Crippen LogP contribution in [0, 0.1) is 13.8 Å². The molecule has 0 aliphatic carbocycles. The van der Waals surface area contributed by atoms with Crippen LogP contribution < -0.4 is 21.7 Å². The van der Waals surface area contributed by atoms with Gasteiger partial charge >= 0.3 is 0 Å². The van der Waals surface area contributed by atoms with Crippen LogP contribution in [0.4, 0.5) is 0 Å². The van der Waals surface area contributed by atoms with Crippen molar-refractivity contribution in [3.8, 4) is 11.5 Å². The zero-order valence-electron chi connectivity index (χ0n) is 22.4. The van der Waals surface area contributed by atoms with Crippen LogP contribution in [-0.4, -0.2) is 52.5 Å². The monoisotopic (exact) mass is 546 g/mol. The molecule has 40 heavy (non-hydrogen) atoms. The van der Waals surface area contributed by atoms with Crippen molar-refractivity contribution in [2.75, 3.05) is 0 Å². The molecule has 4 amide bonds. The van der Waals surface area contributed by atoms with E-state index in [0.29, 0.717) is 28.7 Å². The highest BCUT2D eigenvalue weighted by molar-refractivity contribution is 5.93. The van der Waals surface area contributed by atoms with Gasteiger partial charge < -0.3 is 31.9 Å². The van der Waals surface area contributed by atoms with E-state index < -0.39 is 35.8 Å². The number of primary amides is 1. The molecule has 0 aromatic heterocycles. The molecule has 3 aromatic carbocycles. The number of nitrogens with one attached hydrogen (secondary N) is 3. The number of aryl methyl sites for hydroxylation is 2. The lowest BCUT2D eigenvalue weighted by Crippen LogP contribution is -2.57. The Balaban J connectivity index is 1.83. The highest BCUT2D eigenvalue weighted by Gasteiger charge is 2.29. The number of phenols is 2. The van der Waals surface area contributed by atoms with Crippen molar-refractivity contribution in [1.29, 1.82) is 0 Å². The molecule has 0 saturated heterocycles. The fourth-order valence-corrected chi connectivity index (χ4v) is 4.40. The topological polar surface area (TPSA) is 171 Å². The van der Waals surface area contributed by atoms with E-state index in [-0.39, 0.29) is 30.8 Å². The van der Waals surface area contributed by atoms with Crippen LogP contribution in [0.15, 0.2) is 66.7 Å². The van der Waals surface area contributed by atoms with Gasteiger partial charge in [-0.05, 0) is 53.8 Å². The number of hydrogen-bond donors (Lipinski definition) is 6. The Kier molecular flexibility index (Phi) is 10.2. The first-order valence-corrected chi connectivity index (χ1v) is 12.8. The molecule has 0 saturated carbocycles. The third kappa shape index (κ3) is 8.32. The lowest BCUT2D eigenvalue weighted by atomic mass is 9.98. The number of amides is 4. The number of aromatic hydroxyl groups is 2. The summed E-state index contributed by atoms with van der Waals surface area (Å²) in [7, 11) is 0. The number of hydrogen-bond acceptors (Lipinski definition) is 6.